The van der Waals surface area contributed by atoms with Crippen LogP contribution in [-0.2, 0) is 14.3 Å². The van der Waals surface area contributed by atoms with Gasteiger partial charge in [0.25, 0.3) is 0 Å². The van der Waals surface area contributed by atoms with Crippen molar-refractivity contribution in [3.63, 3.8) is 0 Å². The molecule has 1 saturated heterocycles. The van der Waals surface area contributed by atoms with Gasteiger partial charge in [0.05, 0.1) is 31.8 Å². The number of ether oxygens (including phenoxy) is 2. The van der Waals surface area contributed by atoms with Crippen LogP contribution in [0.15, 0.2) is 0 Å². The molecule has 0 aromatic heterocycles. The quantitative estimate of drug-likeness (QED) is 0.650. The molecule has 0 aliphatic carbocycles. The van der Waals surface area contributed by atoms with Crippen LogP contribution in [0.2, 0.25) is 0 Å². The highest BCUT2D eigenvalue weighted by molar-refractivity contribution is 5.80. The minimum atomic E-state index is -0.212. The van der Waals surface area contributed by atoms with Crippen LogP contribution in [0.3, 0.4) is 0 Å². The lowest BCUT2D eigenvalue weighted by atomic mass is 10.0. The predicted molar refractivity (Wildman–Crippen MR) is 56.4 cm³/mol. The molecule has 1 fully saturated rings. The number of rotatable bonds is 5. The van der Waals surface area contributed by atoms with Gasteiger partial charge in [0, 0.05) is 13.2 Å². The third-order valence-electron chi connectivity index (χ3n) is 2.67. The Morgan fingerprint density at radius 2 is 2.40 bits per heavy atom. The van der Waals surface area contributed by atoms with Gasteiger partial charge in [0.1, 0.15) is 0 Å². The van der Waals surface area contributed by atoms with E-state index >= 15 is 0 Å². The summed E-state index contributed by atoms with van der Waals surface area (Å²) in [6, 6.07) is -0.111. The van der Waals surface area contributed by atoms with Crippen molar-refractivity contribution in [2.75, 3.05) is 26.9 Å². The maximum atomic E-state index is 11.8. The Bertz CT molecular complexity index is 211. The monoisotopic (exact) mass is 216 g/mol. The van der Waals surface area contributed by atoms with Crippen molar-refractivity contribution in [1.82, 2.24) is 5.32 Å². The predicted octanol–water partition coefficient (Wildman–Crippen LogP) is -0.499. The highest BCUT2D eigenvalue weighted by atomic mass is 16.5. The molecule has 1 aliphatic heterocycles. The summed E-state index contributed by atoms with van der Waals surface area (Å²) >= 11 is 0. The first-order valence-corrected chi connectivity index (χ1v) is 5.31. The number of nitrogens with two attached hydrogens (primary N) is 1. The number of methoxy groups -OCH3 is 1. The van der Waals surface area contributed by atoms with E-state index in [2.05, 4.69) is 5.32 Å². The van der Waals surface area contributed by atoms with Crippen molar-refractivity contribution >= 4 is 5.91 Å². The number of hydrogen-bond acceptors (Lipinski definition) is 4. The van der Waals surface area contributed by atoms with Crippen molar-refractivity contribution in [2.24, 2.45) is 11.7 Å². The zero-order valence-electron chi connectivity index (χ0n) is 9.36. The number of carbonyl (C=O) groups is 1. The number of carbonyl (C=O) groups excluding carboxylic acids is 1. The molecule has 88 valence electrons. The molecular formula is C10H20N2O3. The van der Waals surface area contributed by atoms with Gasteiger partial charge in [-0.25, -0.2) is 0 Å². The maximum Gasteiger partial charge on any atom is 0.227 e. The Kier molecular flexibility index (Phi) is 5.01. The van der Waals surface area contributed by atoms with E-state index in [-0.39, 0.29) is 23.9 Å². The van der Waals surface area contributed by atoms with E-state index in [4.69, 9.17) is 15.2 Å². The van der Waals surface area contributed by atoms with E-state index in [1.807, 2.05) is 6.92 Å². The molecule has 3 unspecified atom stereocenters. The van der Waals surface area contributed by atoms with Gasteiger partial charge in [-0.2, -0.15) is 0 Å². The SMILES string of the molecule is CCC(COC)NC(=O)C1COCC1N. The summed E-state index contributed by atoms with van der Waals surface area (Å²) in [5, 5.41) is 2.92. The minimum absolute atomic E-state index is 0.0242. The van der Waals surface area contributed by atoms with Gasteiger partial charge in [-0.05, 0) is 6.42 Å². The Hall–Kier alpha value is -0.650. The summed E-state index contributed by atoms with van der Waals surface area (Å²) in [6.07, 6.45) is 0.850. The average molecular weight is 216 g/mol. The molecule has 1 aliphatic rings. The molecule has 0 spiro atoms. The molecule has 1 amide bonds. The van der Waals surface area contributed by atoms with Gasteiger partial charge in [0.15, 0.2) is 0 Å². The second kappa shape index (κ2) is 6.05. The van der Waals surface area contributed by atoms with Gasteiger partial charge < -0.3 is 20.5 Å². The van der Waals surface area contributed by atoms with Crippen LogP contribution in [0.25, 0.3) is 0 Å². The maximum absolute atomic E-state index is 11.8. The second-order valence-electron chi connectivity index (χ2n) is 3.88. The standard InChI is InChI=1S/C10H20N2O3/c1-3-7(4-14-2)12-10(13)8-5-15-6-9(8)11/h7-9H,3-6,11H2,1-2H3,(H,12,13). The fourth-order valence-electron chi connectivity index (χ4n) is 1.61. The first kappa shape index (κ1) is 12.4. The minimum Gasteiger partial charge on any atom is -0.383 e. The summed E-state index contributed by atoms with van der Waals surface area (Å²) in [6.45, 7) is 3.44. The summed E-state index contributed by atoms with van der Waals surface area (Å²) in [5.74, 6) is -0.236. The smallest absolute Gasteiger partial charge is 0.227 e. The van der Waals surface area contributed by atoms with E-state index in [0.29, 0.717) is 19.8 Å². The lowest BCUT2D eigenvalue weighted by molar-refractivity contribution is -0.126. The van der Waals surface area contributed by atoms with Crippen molar-refractivity contribution in [1.29, 1.82) is 0 Å². The van der Waals surface area contributed by atoms with Crippen LogP contribution < -0.4 is 11.1 Å². The van der Waals surface area contributed by atoms with E-state index in [0.717, 1.165) is 6.42 Å². The van der Waals surface area contributed by atoms with E-state index in [1.54, 1.807) is 7.11 Å². The summed E-state index contributed by atoms with van der Waals surface area (Å²) < 4.78 is 10.2. The van der Waals surface area contributed by atoms with Crippen LogP contribution in [0, 0.1) is 5.92 Å². The molecular weight excluding hydrogens is 196 g/mol. The molecule has 3 N–H and O–H groups in total. The zero-order valence-corrected chi connectivity index (χ0v) is 9.36. The Morgan fingerprint density at radius 1 is 1.67 bits per heavy atom. The van der Waals surface area contributed by atoms with Crippen molar-refractivity contribution in [3.8, 4) is 0 Å². The number of hydrogen-bond donors (Lipinski definition) is 2. The van der Waals surface area contributed by atoms with E-state index < -0.39 is 0 Å². The second-order valence-corrected chi connectivity index (χ2v) is 3.88. The van der Waals surface area contributed by atoms with E-state index in [1.165, 1.54) is 0 Å². The number of amides is 1. The molecule has 3 atom stereocenters. The van der Waals surface area contributed by atoms with Gasteiger partial charge in [-0.15, -0.1) is 0 Å². The molecule has 15 heavy (non-hydrogen) atoms. The fraction of sp³-hybridized carbons (Fsp3) is 0.900. The summed E-state index contributed by atoms with van der Waals surface area (Å²) in [7, 11) is 1.62. The Balaban J connectivity index is 2.39. The Labute approximate surface area is 90.3 Å². The third-order valence-corrected chi connectivity index (χ3v) is 2.67. The van der Waals surface area contributed by atoms with Gasteiger partial charge >= 0.3 is 0 Å². The van der Waals surface area contributed by atoms with Crippen molar-refractivity contribution in [2.45, 2.75) is 25.4 Å². The van der Waals surface area contributed by atoms with Crippen LogP contribution in [0.5, 0.6) is 0 Å². The van der Waals surface area contributed by atoms with Crippen molar-refractivity contribution in [3.05, 3.63) is 0 Å². The number of nitrogens with one attached hydrogen (secondary N) is 1. The largest absolute Gasteiger partial charge is 0.383 e. The molecule has 0 radical (unpaired) electrons. The Morgan fingerprint density at radius 3 is 2.87 bits per heavy atom. The molecule has 1 rings (SSSR count). The molecule has 5 heteroatoms. The van der Waals surface area contributed by atoms with Gasteiger partial charge in [-0.1, -0.05) is 6.92 Å². The first-order chi connectivity index (χ1) is 7.19. The molecule has 5 nitrogen and oxygen atoms in total. The van der Waals surface area contributed by atoms with Gasteiger partial charge in [-0.3, -0.25) is 4.79 Å². The highest BCUT2D eigenvalue weighted by Crippen LogP contribution is 2.12. The van der Waals surface area contributed by atoms with Crippen LogP contribution in [0.4, 0.5) is 0 Å². The topological polar surface area (TPSA) is 73.6 Å². The third kappa shape index (κ3) is 3.44. The molecule has 0 aromatic rings. The molecule has 0 bridgehead atoms. The molecule has 0 saturated carbocycles. The van der Waals surface area contributed by atoms with E-state index in [9.17, 15) is 4.79 Å². The molecule has 0 aromatic carbocycles. The fourth-order valence-corrected chi connectivity index (χ4v) is 1.61. The average Bonchev–Trinajstić information content (AvgIpc) is 2.63. The normalized spacial score (nSPS) is 27.7. The lowest BCUT2D eigenvalue weighted by Gasteiger charge is -2.19. The summed E-state index contributed by atoms with van der Waals surface area (Å²) in [4.78, 5) is 11.8. The highest BCUT2D eigenvalue weighted by Gasteiger charge is 2.32. The van der Waals surface area contributed by atoms with Gasteiger partial charge in [0.2, 0.25) is 5.91 Å². The lowest BCUT2D eigenvalue weighted by Crippen LogP contribution is -2.46. The van der Waals surface area contributed by atoms with Crippen LogP contribution >= 0.6 is 0 Å². The van der Waals surface area contributed by atoms with Crippen molar-refractivity contribution < 1.29 is 14.3 Å². The van der Waals surface area contributed by atoms with Crippen LogP contribution in [0.1, 0.15) is 13.3 Å². The zero-order chi connectivity index (χ0) is 11.3. The first-order valence-electron chi connectivity index (χ1n) is 5.31. The van der Waals surface area contributed by atoms with Crippen LogP contribution in [-0.4, -0.2) is 44.9 Å². The molecule has 1 heterocycles. The summed E-state index contributed by atoms with van der Waals surface area (Å²) in [5.41, 5.74) is 5.75.